The van der Waals surface area contributed by atoms with Gasteiger partial charge in [-0.15, -0.1) is 0 Å². The maximum atomic E-state index is 11.8. The highest BCUT2D eigenvalue weighted by Gasteiger charge is 2.25. The highest BCUT2D eigenvalue weighted by Crippen LogP contribution is 2.23. The molecule has 0 radical (unpaired) electrons. The molecule has 0 aromatic carbocycles. The molecule has 2 amide bonds. The van der Waals surface area contributed by atoms with Crippen LogP contribution in [0.5, 0.6) is 0 Å². The molecule has 1 aliphatic rings. The Balaban J connectivity index is 2.36. The molecule has 1 saturated carbocycles. The Morgan fingerprint density at radius 1 is 1.28 bits per heavy atom. The fourth-order valence-electron chi connectivity index (χ4n) is 2.42. The van der Waals surface area contributed by atoms with E-state index >= 15 is 0 Å². The first-order valence-corrected chi connectivity index (χ1v) is 7.04. The third kappa shape index (κ3) is 5.07. The number of carbonyl (C=O) groups is 2. The lowest BCUT2D eigenvalue weighted by Gasteiger charge is -2.27. The zero-order valence-corrected chi connectivity index (χ0v) is 11.9. The van der Waals surface area contributed by atoms with Crippen LogP contribution in [0.15, 0.2) is 0 Å². The van der Waals surface area contributed by atoms with Crippen molar-refractivity contribution in [2.24, 2.45) is 5.92 Å². The van der Waals surface area contributed by atoms with E-state index in [4.69, 9.17) is 0 Å². The molecule has 4 nitrogen and oxygen atoms in total. The van der Waals surface area contributed by atoms with Gasteiger partial charge in [0.2, 0.25) is 11.8 Å². The maximum absolute atomic E-state index is 11.8. The van der Waals surface area contributed by atoms with E-state index in [9.17, 15) is 9.59 Å². The fourth-order valence-corrected chi connectivity index (χ4v) is 2.42. The van der Waals surface area contributed by atoms with Crippen LogP contribution in [-0.2, 0) is 9.59 Å². The molecule has 0 spiro atoms. The Morgan fingerprint density at radius 3 is 2.39 bits per heavy atom. The fraction of sp³-hybridized carbons (Fsp3) is 0.857. The van der Waals surface area contributed by atoms with Crippen molar-refractivity contribution in [3.8, 4) is 0 Å². The van der Waals surface area contributed by atoms with Crippen LogP contribution in [0.25, 0.3) is 0 Å². The molecule has 0 aromatic heterocycles. The lowest BCUT2D eigenvalue weighted by atomic mass is 10.1. The molecule has 4 heteroatoms. The molecule has 104 valence electrons. The molecule has 1 aliphatic carbocycles. The number of amides is 2. The van der Waals surface area contributed by atoms with Gasteiger partial charge in [0.1, 0.15) is 0 Å². The van der Waals surface area contributed by atoms with Gasteiger partial charge in [-0.05, 0) is 25.2 Å². The number of nitrogens with one attached hydrogen (secondary N) is 1. The average Bonchev–Trinajstić information content (AvgIpc) is 2.78. The van der Waals surface area contributed by atoms with Crippen molar-refractivity contribution >= 4 is 11.8 Å². The Bertz CT molecular complexity index is 284. The number of hydrogen-bond acceptors (Lipinski definition) is 2. The highest BCUT2D eigenvalue weighted by atomic mass is 16.2. The molecule has 1 fully saturated rings. The van der Waals surface area contributed by atoms with Gasteiger partial charge in [0.05, 0.1) is 6.54 Å². The van der Waals surface area contributed by atoms with Crippen molar-refractivity contribution in [1.29, 1.82) is 0 Å². The van der Waals surface area contributed by atoms with Crippen LogP contribution in [0.1, 0.15) is 52.9 Å². The second-order valence-electron chi connectivity index (χ2n) is 5.62. The van der Waals surface area contributed by atoms with Crippen LogP contribution in [-0.4, -0.2) is 35.8 Å². The van der Waals surface area contributed by atoms with E-state index in [2.05, 4.69) is 19.2 Å². The Morgan fingerprint density at radius 2 is 1.89 bits per heavy atom. The molecular formula is C14H26N2O2. The Kier molecular flexibility index (Phi) is 6.16. The summed E-state index contributed by atoms with van der Waals surface area (Å²) in [6.07, 6.45) is 5.40. The molecule has 1 N–H and O–H groups in total. The van der Waals surface area contributed by atoms with Crippen LogP contribution >= 0.6 is 0 Å². The Hall–Kier alpha value is -1.06. The molecule has 0 aromatic rings. The van der Waals surface area contributed by atoms with Gasteiger partial charge in [-0.1, -0.05) is 26.7 Å². The highest BCUT2D eigenvalue weighted by molar-refractivity contribution is 5.83. The van der Waals surface area contributed by atoms with E-state index in [0.29, 0.717) is 12.5 Å². The van der Waals surface area contributed by atoms with E-state index in [0.717, 1.165) is 19.3 Å². The minimum absolute atomic E-state index is 0.0147. The summed E-state index contributed by atoms with van der Waals surface area (Å²) in [5.41, 5.74) is 0. The number of nitrogens with zero attached hydrogens (tertiary/aromatic N) is 1. The van der Waals surface area contributed by atoms with Gasteiger partial charge in [-0.2, -0.15) is 0 Å². The van der Waals surface area contributed by atoms with Gasteiger partial charge < -0.3 is 10.2 Å². The third-order valence-corrected chi connectivity index (χ3v) is 3.53. The SMILES string of the molecule is CC(=O)N(CC(=O)NCCC(C)C)C1CCCC1. The van der Waals surface area contributed by atoms with Crippen molar-refractivity contribution in [1.82, 2.24) is 10.2 Å². The zero-order chi connectivity index (χ0) is 13.5. The van der Waals surface area contributed by atoms with Crippen LogP contribution < -0.4 is 5.32 Å². The predicted octanol–water partition coefficient (Wildman–Crippen LogP) is 1.94. The summed E-state index contributed by atoms with van der Waals surface area (Å²) in [5, 5.41) is 2.89. The maximum Gasteiger partial charge on any atom is 0.239 e. The van der Waals surface area contributed by atoms with Gasteiger partial charge >= 0.3 is 0 Å². The first kappa shape index (κ1) is 15.0. The second kappa shape index (κ2) is 7.39. The van der Waals surface area contributed by atoms with Crippen LogP contribution in [0.3, 0.4) is 0 Å². The second-order valence-corrected chi connectivity index (χ2v) is 5.62. The smallest absolute Gasteiger partial charge is 0.239 e. The number of hydrogen-bond donors (Lipinski definition) is 1. The first-order chi connectivity index (χ1) is 8.50. The standard InChI is InChI=1S/C14H26N2O2/c1-11(2)8-9-15-14(18)10-16(12(3)17)13-6-4-5-7-13/h11,13H,4-10H2,1-3H3,(H,15,18). The van der Waals surface area contributed by atoms with E-state index in [1.807, 2.05) is 0 Å². The van der Waals surface area contributed by atoms with E-state index in [1.54, 1.807) is 11.8 Å². The molecule has 0 atom stereocenters. The summed E-state index contributed by atoms with van der Waals surface area (Å²) in [7, 11) is 0. The summed E-state index contributed by atoms with van der Waals surface area (Å²) in [4.78, 5) is 25.1. The van der Waals surface area contributed by atoms with Gasteiger partial charge in [-0.3, -0.25) is 9.59 Å². The van der Waals surface area contributed by atoms with Crippen LogP contribution in [0, 0.1) is 5.92 Å². The van der Waals surface area contributed by atoms with Gasteiger partial charge in [0, 0.05) is 19.5 Å². The van der Waals surface area contributed by atoms with E-state index in [-0.39, 0.29) is 24.4 Å². The quantitative estimate of drug-likeness (QED) is 0.787. The zero-order valence-electron chi connectivity index (χ0n) is 11.9. The van der Waals surface area contributed by atoms with Crippen molar-refractivity contribution in [3.63, 3.8) is 0 Å². The summed E-state index contributed by atoms with van der Waals surface area (Å²) < 4.78 is 0. The third-order valence-electron chi connectivity index (χ3n) is 3.53. The van der Waals surface area contributed by atoms with Gasteiger partial charge in [0.25, 0.3) is 0 Å². The summed E-state index contributed by atoms with van der Waals surface area (Å²) >= 11 is 0. The van der Waals surface area contributed by atoms with Crippen LogP contribution in [0.4, 0.5) is 0 Å². The molecule has 0 unspecified atom stereocenters. The Labute approximate surface area is 110 Å². The van der Waals surface area contributed by atoms with Crippen molar-refractivity contribution in [2.45, 2.75) is 58.9 Å². The molecular weight excluding hydrogens is 228 g/mol. The van der Waals surface area contributed by atoms with Gasteiger partial charge in [0.15, 0.2) is 0 Å². The summed E-state index contributed by atoms with van der Waals surface area (Å²) in [5.74, 6) is 0.572. The summed E-state index contributed by atoms with van der Waals surface area (Å²) in [6.45, 7) is 6.74. The van der Waals surface area contributed by atoms with Crippen molar-refractivity contribution in [3.05, 3.63) is 0 Å². The molecule has 0 bridgehead atoms. The van der Waals surface area contributed by atoms with Crippen LogP contribution in [0.2, 0.25) is 0 Å². The molecule has 0 saturated heterocycles. The monoisotopic (exact) mass is 254 g/mol. The lowest BCUT2D eigenvalue weighted by Crippen LogP contribution is -2.44. The minimum atomic E-state index is -0.0299. The molecule has 1 rings (SSSR count). The lowest BCUT2D eigenvalue weighted by molar-refractivity contribution is -0.136. The van der Waals surface area contributed by atoms with E-state index in [1.165, 1.54) is 12.8 Å². The molecule has 0 heterocycles. The topological polar surface area (TPSA) is 49.4 Å². The number of rotatable bonds is 6. The molecule has 18 heavy (non-hydrogen) atoms. The molecule has 0 aliphatic heterocycles. The largest absolute Gasteiger partial charge is 0.355 e. The average molecular weight is 254 g/mol. The van der Waals surface area contributed by atoms with Gasteiger partial charge in [-0.25, -0.2) is 0 Å². The predicted molar refractivity (Wildman–Crippen MR) is 72.1 cm³/mol. The number of carbonyl (C=O) groups excluding carboxylic acids is 2. The van der Waals surface area contributed by atoms with E-state index < -0.39 is 0 Å². The normalized spacial score (nSPS) is 16.0. The van der Waals surface area contributed by atoms with Crippen molar-refractivity contribution in [2.75, 3.05) is 13.1 Å². The summed E-state index contributed by atoms with van der Waals surface area (Å²) in [6, 6.07) is 0.276. The minimum Gasteiger partial charge on any atom is -0.355 e. The van der Waals surface area contributed by atoms with Crippen molar-refractivity contribution < 1.29 is 9.59 Å². The first-order valence-electron chi connectivity index (χ1n) is 7.04.